The van der Waals surface area contributed by atoms with Crippen LogP contribution in [0.4, 0.5) is 52.7 Å². The molecule has 0 spiro atoms. The summed E-state index contributed by atoms with van der Waals surface area (Å²) in [5, 5.41) is 8.30. The fourth-order valence-corrected chi connectivity index (χ4v) is 2.21. The molecule has 0 radical (unpaired) electrons. The molecule has 30 heavy (non-hydrogen) atoms. The number of ether oxygens (including phenoxy) is 1. The first-order valence-corrected chi connectivity index (χ1v) is 8.83. The average molecular weight is 474 g/mol. The fourth-order valence-electron chi connectivity index (χ4n) is 2.21. The molecule has 0 atom stereocenters. The van der Waals surface area contributed by atoms with Crippen molar-refractivity contribution in [3.05, 3.63) is 0 Å². The van der Waals surface area contributed by atoms with Gasteiger partial charge in [-0.25, -0.2) is 0 Å². The molecule has 0 unspecified atom stereocenters. The van der Waals surface area contributed by atoms with E-state index in [1.54, 1.807) is 6.92 Å². The lowest BCUT2D eigenvalue weighted by atomic mass is 9.89. The van der Waals surface area contributed by atoms with Crippen molar-refractivity contribution in [1.29, 1.82) is 0 Å². The van der Waals surface area contributed by atoms with E-state index in [0.717, 1.165) is 0 Å². The molecule has 0 aromatic heterocycles. The van der Waals surface area contributed by atoms with Crippen molar-refractivity contribution in [2.75, 3.05) is 19.8 Å². The second kappa shape index (κ2) is 10.1. The molecule has 2 nitrogen and oxygen atoms in total. The van der Waals surface area contributed by atoms with Crippen LogP contribution in [0.5, 0.6) is 0 Å². The Kier molecular flexibility index (Phi) is 9.82. The minimum atomic E-state index is -7.55. The van der Waals surface area contributed by atoms with Gasteiger partial charge in [0.15, 0.2) is 0 Å². The summed E-state index contributed by atoms with van der Waals surface area (Å²) in [4.78, 5) is 0. The van der Waals surface area contributed by atoms with Gasteiger partial charge in [0.25, 0.3) is 0 Å². The summed E-state index contributed by atoms with van der Waals surface area (Å²) in [7, 11) is 0. The SMILES string of the molecule is CCCCOCCCC(F)(F)C(F)(F)C(F)(F)C(F)(F)C(F)(F)C(F)(F)CCCO. The van der Waals surface area contributed by atoms with Gasteiger partial charge in [-0.15, -0.1) is 0 Å². The van der Waals surface area contributed by atoms with E-state index in [-0.39, 0.29) is 6.61 Å². The molecule has 0 heterocycles. The molecule has 0 aromatic carbocycles. The van der Waals surface area contributed by atoms with E-state index >= 15 is 0 Å². The summed E-state index contributed by atoms with van der Waals surface area (Å²) in [6.07, 6.45) is -5.64. The largest absolute Gasteiger partial charge is 0.396 e. The Labute approximate surface area is 164 Å². The summed E-state index contributed by atoms with van der Waals surface area (Å²) in [6.45, 7) is -0.128. The Balaban J connectivity index is 5.65. The second-order valence-electron chi connectivity index (χ2n) is 6.60. The van der Waals surface area contributed by atoms with Gasteiger partial charge in [-0.1, -0.05) is 13.3 Å². The Morgan fingerprint density at radius 3 is 1.30 bits per heavy atom. The zero-order chi connectivity index (χ0) is 24.1. The summed E-state index contributed by atoms with van der Waals surface area (Å²) < 4.78 is 167. The molecule has 0 aliphatic rings. The quantitative estimate of drug-likeness (QED) is 0.227. The number of unbranched alkanes of at least 4 members (excludes halogenated alkanes) is 1. The molecule has 0 amide bonds. The Hall–Kier alpha value is -0.920. The molecular weight excluding hydrogens is 452 g/mol. The van der Waals surface area contributed by atoms with E-state index in [4.69, 9.17) is 9.84 Å². The predicted molar refractivity (Wildman–Crippen MR) is 81.0 cm³/mol. The summed E-state index contributed by atoms with van der Waals surface area (Å²) in [6, 6.07) is 0. The lowest BCUT2D eigenvalue weighted by Gasteiger charge is -2.41. The molecule has 0 aromatic rings. The van der Waals surface area contributed by atoms with Crippen molar-refractivity contribution in [3.8, 4) is 0 Å². The predicted octanol–water partition coefficient (Wildman–Crippen LogP) is 6.17. The van der Waals surface area contributed by atoms with Crippen LogP contribution in [0.2, 0.25) is 0 Å². The first-order valence-electron chi connectivity index (χ1n) is 8.83. The smallest absolute Gasteiger partial charge is 0.384 e. The Bertz CT molecular complexity index is 522. The van der Waals surface area contributed by atoms with Crippen molar-refractivity contribution in [2.45, 2.75) is 81.0 Å². The molecule has 0 saturated heterocycles. The Morgan fingerprint density at radius 1 is 0.567 bits per heavy atom. The average Bonchev–Trinajstić information content (AvgIpc) is 2.62. The van der Waals surface area contributed by atoms with Gasteiger partial charge >= 0.3 is 35.5 Å². The van der Waals surface area contributed by atoms with Crippen molar-refractivity contribution in [3.63, 3.8) is 0 Å². The number of alkyl halides is 12. The van der Waals surface area contributed by atoms with Gasteiger partial charge < -0.3 is 9.84 Å². The Morgan fingerprint density at radius 2 is 0.933 bits per heavy atom. The summed E-state index contributed by atoms with van der Waals surface area (Å²) >= 11 is 0. The number of halogens is 12. The third kappa shape index (κ3) is 5.46. The zero-order valence-corrected chi connectivity index (χ0v) is 15.8. The minimum absolute atomic E-state index is 0.0157. The van der Waals surface area contributed by atoms with Crippen LogP contribution in [-0.4, -0.2) is 60.5 Å². The first-order chi connectivity index (χ1) is 13.4. The summed E-state index contributed by atoms with van der Waals surface area (Å²) in [5.41, 5.74) is 0. The highest BCUT2D eigenvalue weighted by molar-refractivity contribution is 5.11. The van der Waals surface area contributed by atoms with Crippen molar-refractivity contribution < 1.29 is 62.5 Å². The highest BCUT2D eigenvalue weighted by atomic mass is 19.4. The van der Waals surface area contributed by atoms with E-state index < -0.39 is 74.4 Å². The highest BCUT2D eigenvalue weighted by Gasteiger charge is 2.89. The molecule has 182 valence electrons. The van der Waals surface area contributed by atoms with Crippen LogP contribution in [0, 0.1) is 0 Å². The van der Waals surface area contributed by atoms with Crippen LogP contribution in [0.15, 0.2) is 0 Å². The van der Waals surface area contributed by atoms with Gasteiger partial charge in [0, 0.05) is 32.7 Å². The molecular formula is C16H22F12O2. The molecule has 0 saturated carbocycles. The van der Waals surface area contributed by atoms with E-state index in [2.05, 4.69) is 0 Å². The second-order valence-corrected chi connectivity index (χ2v) is 6.60. The monoisotopic (exact) mass is 474 g/mol. The highest BCUT2D eigenvalue weighted by Crippen LogP contribution is 2.61. The third-order valence-corrected chi connectivity index (χ3v) is 4.17. The van der Waals surface area contributed by atoms with Crippen LogP contribution >= 0.6 is 0 Å². The van der Waals surface area contributed by atoms with Crippen LogP contribution < -0.4 is 0 Å². The molecule has 14 heteroatoms. The molecule has 0 aliphatic heterocycles. The van der Waals surface area contributed by atoms with E-state index in [1.807, 2.05) is 0 Å². The molecule has 0 rings (SSSR count). The molecule has 0 fully saturated rings. The van der Waals surface area contributed by atoms with Crippen LogP contribution in [0.1, 0.15) is 45.4 Å². The normalized spacial score (nSPS) is 15.0. The van der Waals surface area contributed by atoms with Gasteiger partial charge in [0.1, 0.15) is 0 Å². The van der Waals surface area contributed by atoms with Gasteiger partial charge in [-0.05, 0) is 19.3 Å². The van der Waals surface area contributed by atoms with Crippen molar-refractivity contribution >= 4 is 0 Å². The minimum Gasteiger partial charge on any atom is -0.396 e. The maximum absolute atomic E-state index is 13.6. The van der Waals surface area contributed by atoms with E-state index in [1.165, 1.54) is 0 Å². The van der Waals surface area contributed by atoms with Crippen molar-refractivity contribution in [1.82, 2.24) is 0 Å². The molecule has 0 aliphatic carbocycles. The maximum Gasteiger partial charge on any atom is 0.384 e. The number of aliphatic hydroxyl groups is 1. The standard InChI is InChI=1S/C16H22F12O2/c1-2-3-9-30-10-5-7-12(19,20)14(23,24)16(27,28)15(25,26)13(21,22)11(17,18)6-4-8-29/h29H,2-10H2,1H3. The number of rotatable bonds is 15. The van der Waals surface area contributed by atoms with Gasteiger partial charge in [0.2, 0.25) is 0 Å². The number of hydrogen-bond donors (Lipinski definition) is 1. The van der Waals surface area contributed by atoms with Crippen LogP contribution in [0.25, 0.3) is 0 Å². The topological polar surface area (TPSA) is 29.5 Å². The molecule has 1 N–H and O–H groups in total. The number of aliphatic hydroxyl groups excluding tert-OH is 1. The van der Waals surface area contributed by atoms with Gasteiger partial charge in [0.05, 0.1) is 0 Å². The zero-order valence-electron chi connectivity index (χ0n) is 15.8. The first kappa shape index (κ1) is 29.1. The van der Waals surface area contributed by atoms with E-state index in [9.17, 15) is 52.7 Å². The fraction of sp³-hybridized carbons (Fsp3) is 1.00. The van der Waals surface area contributed by atoms with Crippen LogP contribution in [-0.2, 0) is 4.74 Å². The third-order valence-electron chi connectivity index (χ3n) is 4.17. The molecule has 0 bridgehead atoms. The van der Waals surface area contributed by atoms with E-state index in [0.29, 0.717) is 12.8 Å². The lowest BCUT2D eigenvalue weighted by molar-refractivity contribution is -0.425. The van der Waals surface area contributed by atoms with Crippen molar-refractivity contribution in [2.24, 2.45) is 0 Å². The van der Waals surface area contributed by atoms with Gasteiger partial charge in [-0.2, -0.15) is 52.7 Å². The number of hydrogen-bond acceptors (Lipinski definition) is 2. The maximum atomic E-state index is 13.6. The summed E-state index contributed by atoms with van der Waals surface area (Å²) in [5.74, 6) is -41.3. The van der Waals surface area contributed by atoms with Crippen LogP contribution in [0.3, 0.4) is 0 Å². The lowest BCUT2D eigenvalue weighted by Crippen LogP contribution is -2.70. The van der Waals surface area contributed by atoms with Gasteiger partial charge in [-0.3, -0.25) is 0 Å².